The molecule has 0 saturated heterocycles. The molecule has 0 aliphatic carbocycles. The fourth-order valence-corrected chi connectivity index (χ4v) is 0.839. The fourth-order valence-electron chi connectivity index (χ4n) is 0.839. The van der Waals surface area contributed by atoms with Crippen molar-refractivity contribution >= 4 is 0 Å². The van der Waals surface area contributed by atoms with Crippen LogP contribution in [0.25, 0.3) is 0 Å². The highest BCUT2D eigenvalue weighted by atomic mass is 15.2. The smallest absolute Gasteiger partial charge is 0.0311 e. The Morgan fingerprint density at radius 2 is 1.36 bits per heavy atom. The molecule has 0 fully saturated rings. The first-order valence-electron chi connectivity index (χ1n) is 4.14. The number of hydrogen-bond acceptors (Lipinski definition) is 1. The molecule has 1 nitrogen and oxygen atoms in total. The highest BCUT2D eigenvalue weighted by Gasteiger charge is 2.16. The van der Waals surface area contributed by atoms with Crippen LogP contribution in [0.5, 0.6) is 0 Å². The lowest BCUT2D eigenvalue weighted by Gasteiger charge is -2.35. The Morgan fingerprint density at radius 1 is 1.00 bits per heavy atom. The Kier molecular flexibility index (Phi) is 3.15. The predicted octanol–water partition coefficient (Wildman–Crippen LogP) is 3.03. The molecule has 0 bridgehead atoms. The van der Waals surface area contributed by atoms with Crippen LogP contribution in [0.2, 0.25) is 0 Å². The zero-order valence-electron chi connectivity index (χ0n) is 8.95. The van der Waals surface area contributed by atoms with E-state index in [1.807, 2.05) is 0 Å². The van der Waals surface area contributed by atoms with Crippen molar-refractivity contribution in [2.24, 2.45) is 0 Å². The van der Waals surface area contributed by atoms with Crippen LogP contribution >= 0.6 is 0 Å². The van der Waals surface area contributed by atoms with Gasteiger partial charge in [-0.25, -0.2) is 0 Å². The third-order valence-corrected chi connectivity index (χ3v) is 2.23. The van der Waals surface area contributed by atoms with Crippen LogP contribution in [0.1, 0.15) is 41.5 Å². The second kappa shape index (κ2) is 3.29. The Morgan fingerprint density at radius 3 is 1.45 bits per heavy atom. The van der Waals surface area contributed by atoms with Crippen LogP contribution in [0.4, 0.5) is 0 Å². The van der Waals surface area contributed by atoms with Gasteiger partial charge in [0.1, 0.15) is 0 Å². The monoisotopic (exact) mass is 155 g/mol. The number of allylic oxidation sites excluding steroid dienone is 2. The van der Waals surface area contributed by atoms with Crippen LogP contribution in [0.3, 0.4) is 0 Å². The summed E-state index contributed by atoms with van der Waals surface area (Å²) < 4.78 is 0. The second-order valence-corrected chi connectivity index (χ2v) is 4.32. The average Bonchev–Trinajstić information content (AvgIpc) is 1.82. The van der Waals surface area contributed by atoms with Crippen LogP contribution in [0, 0.1) is 0 Å². The summed E-state index contributed by atoms with van der Waals surface area (Å²) in [5.41, 5.74) is 3.00. The second-order valence-electron chi connectivity index (χ2n) is 4.32. The van der Waals surface area contributed by atoms with Gasteiger partial charge in [0, 0.05) is 18.3 Å². The average molecular weight is 155 g/mol. The van der Waals surface area contributed by atoms with Crippen molar-refractivity contribution in [2.45, 2.75) is 47.1 Å². The topological polar surface area (TPSA) is 3.24 Å². The van der Waals surface area contributed by atoms with Crippen LogP contribution < -0.4 is 0 Å². The molecule has 0 heterocycles. The minimum Gasteiger partial charge on any atom is -0.373 e. The molecular weight excluding hydrogens is 134 g/mol. The summed E-state index contributed by atoms with van der Waals surface area (Å²) in [6, 6.07) is 0. The summed E-state index contributed by atoms with van der Waals surface area (Å²) in [6.45, 7) is 13.1. The minimum atomic E-state index is 0.237. The molecule has 0 aromatic carbocycles. The van der Waals surface area contributed by atoms with Crippen molar-refractivity contribution in [3.8, 4) is 0 Å². The van der Waals surface area contributed by atoms with Crippen molar-refractivity contribution in [3.63, 3.8) is 0 Å². The summed E-state index contributed by atoms with van der Waals surface area (Å²) in [7, 11) is 2.14. The first-order chi connectivity index (χ1) is 4.76. The standard InChI is InChI=1S/C10H21N/c1-8(2)9(3)11(7)10(4,5)6/h1-7H3. The minimum absolute atomic E-state index is 0.237. The molecule has 0 amide bonds. The van der Waals surface area contributed by atoms with Gasteiger partial charge in [0.15, 0.2) is 0 Å². The summed E-state index contributed by atoms with van der Waals surface area (Å²) in [5.74, 6) is 0. The maximum atomic E-state index is 2.31. The normalized spacial score (nSPS) is 11.2. The van der Waals surface area contributed by atoms with Crippen molar-refractivity contribution < 1.29 is 0 Å². The van der Waals surface area contributed by atoms with Gasteiger partial charge in [-0.3, -0.25) is 0 Å². The lowest BCUT2D eigenvalue weighted by atomic mass is 10.1. The fraction of sp³-hybridized carbons (Fsp3) is 0.800. The molecule has 0 aromatic heterocycles. The quantitative estimate of drug-likeness (QED) is 0.562. The number of rotatable bonds is 1. The van der Waals surface area contributed by atoms with Crippen LogP contribution in [-0.4, -0.2) is 17.5 Å². The van der Waals surface area contributed by atoms with E-state index in [2.05, 4.69) is 53.5 Å². The molecule has 0 aliphatic heterocycles. The lowest BCUT2D eigenvalue weighted by Crippen LogP contribution is -2.36. The van der Waals surface area contributed by atoms with Gasteiger partial charge in [0.05, 0.1) is 0 Å². The maximum absolute atomic E-state index is 2.31. The molecule has 0 rings (SSSR count). The summed E-state index contributed by atoms with van der Waals surface area (Å²) in [5, 5.41) is 0. The van der Waals surface area contributed by atoms with E-state index in [0.717, 1.165) is 0 Å². The number of hydrogen-bond donors (Lipinski definition) is 0. The van der Waals surface area contributed by atoms with E-state index in [1.165, 1.54) is 11.3 Å². The Hall–Kier alpha value is -0.460. The maximum Gasteiger partial charge on any atom is 0.0311 e. The van der Waals surface area contributed by atoms with Crippen LogP contribution in [0.15, 0.2) is 11.3 Å². The number of nitrogens with zero attached hydrogens (tertiary/aromatic N) is 1. The van der Waals surface area contributed by atoms with E-state index in [9.17, 15) is 0 Å². The van der Waals surface area contributed by atoms with Crippen molar-refractivity contribution in [1.82, 2.24) is 4.90 Å². The van der Waals surface area contributed by atoms with Gasteiger partial charge in [-0.1, -0.05) is 5.57 Å². The molecule has 0 spiro atoms. The van der Waals surface area contributed by atoms with Gasteiger partial charge in [-0.15, -0.1) is 0 Å². The van der Waals surface area contributed by atoms with Gasteiger partial charge in [0.25, 0.3) is 0 Å². The molecule has 0 aliphatic rings. The van der Waals surface area contributed by atoms with Gasteiger partial charge >= 0.3 is 0 Å². The van der Waals surface area contributed by atoms with Crippen molar-refractivity contribution in [3.05, 3.63) is 11.3 Å². The van der Waals surface area contributed by atoms with Gasteiger partial charge in [-0.2, -0.15) is 0 Å². The lowest BCUT2D eigenvalue weighted by molar-refractivity contribution is 0.226. The highest BCUT2D eigenvalue weighted by Crippen LogP contribution is 2.18. The van der Waals surface area contributed by atoms with E-state index in [0.29, 0.717) is 0 Å². The molecule has 11 heavy (non-hydrogen) atoms. The Bertz CT molecular complexity index is 156. The molecule has 0 unspecified atom stereocenters. The first-order valence-corrected chi connectivity index (χ1v) is 4.14. The van der Waals surface area contributed by atoms with Crippen molar-refractivity contribution in [2.75, 3.05) is 7.05 Å². The molecule has 1 heteroatoms. The van der Waals surface area contributed by atoms with E-state index >= 15 is 0 Å². The van der Waals surface area contributed by atoms with Gasteiger partial charge < -0.3 is 4.90 Å². The Balaban J connectivity index is 4.52. The zero-order valence-corrected chi connectivity index (χ0v) is 8.95. The Labute approximate surface area is 71.1 Å². The summed E-state index contributed by atoms with van der Waals surface area (Å²) in [6.07, 6.45) is 0. The third-order valence-electron chi connectivity index (χ3n) is 2.23. The van der Waals surface area contributed by atoms with Gasteiger partial charge in [-0.05, 0) is 41.5 Å². The molecule has 66 valence electrons. The largest absolute Gasteiger partial charge is 0.373 e. The van der Waals surface area contributed by atoms with E-state index in [-0.39, 0.29) is 5.54 Å². The van der Waals surface area contributed by atoms with Crippen LogP contribution in [-0.2, 0) is 0 Å². The molecule has 0 atom stereocenters. The first kappa shape index (κ1) is 10.5. The molecule has 0 N–H and O–H groups in total. The van der Waals surface area contributed by atoms with E-state index in [1.54, 1.807) is 0 Å². The summed E-state index contributed by atoms with van der Waals surface area (Å²) >= 11 is 0. The predicted molar refractivity (Wildman–Crippen MR) is 51.6 cm³/mol. The zero-order chi connectivity index (χ0) is 9.23. The highest BCUT2D eigenvalue weighted by molar-refractivity contribution is 5.07. The molecule has 0 aromatic rings. The van der Waals surface area contributed by atoms with Crippen molar-refractivity contribution in [1.29, 1.82) is 0 Å². The SMILES string of the molecule is CC(C)=C(C)N(C)C(C)(C)C. The molecule has 0 radical (unpaired) electrons. The third kappa shape index (κ3) is 2.96. The van der Waals surface area contributed by atoms with E-state index < -0.39 is 0 Å². The van der Waals surface area contributed by atoms with Gasteiger partial charge in [0.2, 0.25) is 0 Å². The van der Waals surface area contributed by atoms with E-state index in [4.69, 9.17) is 0 Å². The molecular formula is C10H21N. The summed E-state index contributed by atoms with van der Waals surface area (Å²) in [4.78, 5) is 2.31. The molecule has 0 saturated carbocycles.